The van der Waals surface area contributed by atoms with Crippen molar-refractivity contribution in [1.29, 1.82) is 0 Å². The highest BCUT2D eigenvalue weighted by atomic mass is 19.4. The number of carbonyl (C=O) groups excluding carboxylic acids is 4. The molecule has 3 heterocycles. The third-order valence-corrected chi connectivity index (χ3v) is 6.84. The zero-order chi connectivity index (χ0) is 29.6. The predicted molar refractivity (Wildman–Crippen MR) is 136 cm³/mol. The Hall–Kier alpha value is -4.14. The van der Waals surface area contributed by atoms with Gasteiger partial charge in [0.15, 0.2) is 5.69 Å². The number of rotatable bonds is 6. The molecule has 0 aliphatic carbocycles. The molecule has 2 aliphatic rings. The molecular formula is C26H31F3N6O6. The smallest absolute Gasteiger partial charge is 0.435 e. The fourth-order valence-electron chi connectivity index (χ4n) is 4.75. The quantitative estimate of drug-likeness (QED) is 0.362. The summed E-state index contributed by atoms with van der Waals surface area (Å²) < 4.78 is 45.2. The fraction of sp³-hybridized carbons (Fsp3) is 0.500. The number of aliphatic hydroxyl groups is 1. The summed E-state index contributed by atoms with van der Waals surface area (Å²) >= 11 is 0. The molecule has 1 fully saturated rings. The molecule has 1 saturated heterocycles. The first-order valence-electron chi connectivity index (χ1n) is 13.2. The zero-order valence-corrected chi connectivity index (χ0v) is 22.0. The van der Waals surface area contributed by atoms with Gasteiger partial charge in [-0.3, -0.25) is 23.9 Å². The molecule has 3 atom stereocenters. The molecule has 222 valence electrons. The number of ether oxygens (including phenoxy) is 1. The van der Waals surface area contributed by atoms with Crippen LogP contribution in [0.15, 0.2) is 36.5 Å². The number of carbonyl (C=O) groups is 4. The summed E-state index contributed by atoms with van der Waals surface area (Å²) in [7, 11) is 0. The van der Waals surface area contributed by atoms with Crippen molar-refractivity contribution in [3.8, 4) is 5.75 Å². The summed E-state index contributed by atoms with van der Waals surface area (Å²) in [6.45, 7) is -0.0579. The summed E-state index contributed by atoms with van der Waals surface area (Å²) in [5, 5.41) is 20.8. The highest BCUT2D eigenvalue weighted by Gasteiger charge is 2.36. The van der Waals surface area contributed by atoms with E-state index >= 15 is 0 Å². The molecule has 0 radical (unpaired) electrons. The van der Waals surface area contributed by atoms with Gasteiger partial charge in [0.2, 0.25) is 17.7 Å². The van der Waals surface area contributed by atoms with E-state index < -0.39 is 60.6 Å². The molecule has 4 amide bonds. The maximum absolute atomic E-state index is 13.2. The maximum Gasteiger partial charge on any atom is 0.435 e. The molecule has 2 aliphatic heterocycles. The number of nitrogens with zero attached hydrogens (tertiary/aromatic N) is 3. The number of amides is 4. The van der Waals surface area contributed by atoms with Crippen LogP contribution in [-0.2, 0) is 27.1 Å². The van der Waals surface area contributed by atoms with Gasteiger partial charge in [0, 0.05) is 25.8 Å². The average molecular weight is 581 g/mol. The van der Waals surface area contributed by atoms with Crippen LogP contribution in [0.4, 0.5) is 13.2 Å². The minimum absolute atomic E-state index is 0.0157. The van der Waals surface area contributed by atoms with E-state index in [-0.39, 0.29) is 43.5 Å². The highest BCUT2D eigenvalue weighted by molar-refractivity contribution is 6.01. The Morgan fingerprint density at radius 3 is 2.68 bits per heavy atom. The van der Waals surface area contributed by atoms with Crippen LogP contribution in [0.3, 0.4) is 0 Å². The number of aryl methyl sites for hydroxylation is 1. The lowest BCUT2D eigenvalue weighted by atomic mass is 10.1. The van der Waals surface area contributed by atoms with Gasteiger partial charge in [-0.15, -0.1) is 0 Å². The van der Waals surface area contributed by atoms with E-state index in [4.69, 9.17) is 4.74 Å². The van der Waals surface area contributed by atoms with Gasteiger partial charge in [0.25, 0.3) is 5.91 Å². The largest absolute Gasteiger partial charge is 0.491 e. The van der Waals surface area contributed by atoms with Crippen molar-refractivity contribution in [1.82, 2.24) is 30.6 Å². The zero-order valence-electron chi connectivity index (χ0n) is 22.0. The molecule has 0 unspecified atom stereocenters. The molecule has 4 N–H and O–H groups in total. The Kier molecular flexibility index (Phi) is 9.47. The summed E-state index contributed by atoms with van der Waals surface area (Å²) in [6.07, 6.45) is -2.36. The van der Waals surface area contributed by atoms with Crippen LogP contribution < -0.4 is 20.7 Å². The summed E-state index contributed by atoms with van der Waals surface area (Å²) in [6, 6.07) is 4.30. The maximum atomic E-state index is 13.2. The lowest BCUT2D eigenvalue weighted by Gasteiger charge is -2.29. The van der Waals surface area contributed by atoms with Gasteiger partial charge in [-0.1, -0.05) is 12.1 Å². The molecule has 12 nitrogen and oxygen atoms in total. The first kappa shape index (κ1) is 29.8. The van der Waals surface area contributed by atoms with Gasteiger partial charge in [-0.2, -0.15) is 18.3 Å². The second-order valence-electron chi connectivity index (χ2n) is 9.77. The van der Waals surface area contributed by atoms with Gasteiger partial charge in [-0.05, 0) is 37.5 Å². The molecule has 0 saturated carbocycles. The van der Waals surface area contributed by atoms with Crippen molar-refractivity contribution in [2.75, 3.05) is 26.3 Å². The molecule has 1 aromatic heterocycles. The number of para-hydroxylation sites is 1. The number of fused-ring (bicyclic) bond motifs is 2. The van der Waals surface area contributed by atoms with Gasteiger partial charge in [-0.25, -0.2) is 0 Å². The second-order valence-corrected chi connectivity index (χ2v) is 9.77. The Labute approximate surface area is 233 Å². The molecule has 2 aromatic rings. The number of hydrogen-bond donors (Lipinski definition) is 4. The SMILES string of the molecule is O=C1C[C@@H](C(=O)NCCCn2ccc(C(F)(F)F)n2)NC(=O)c2ccccc2OC[C@H]2CCCN2C(=O)[C@H](CO)N1. The number of hydrogen-bond acceptors (Lipinski definition) is 7. The van der Waals surface area contributed by atoms with E-state index in [1.807, 2.05) is 0 Å². The van der Waals surface area contributed by atoms with Crippen molar-refractivity contribution in [3.05, 3.63) is 47.8 Å². The molecule has 41 heavy (non-hydrogen) atoms. The number of aromatic nitrogens is 2. The summed E-state index contributed by atoms with van der Waals surface area (Å²) in [4.78, 5) is 53.7. The first-order chi connectivity index (χ1) is 19.6. The number of alkyl halides is 3. The van der Waals surface area contributed by atoms with Crippen LogP contribution in [0, 0.1) is 0 Å². The van der Waals surface area contributed by atoms with Crippen molar-refractivity contribution in [2.24, 2.45) is 0 Å². The van der Waals surface area contributed by atoms with E-state index in [2.05, 4.69) is 21.0 Å². The van der Waals surface area contributed by atoms with Crippen LogP contribution in [0.25, 0.3) is 0 Å². The Bertz CT molecular complexity index is 1270. The summed E-state index contributed by atoms with van der Waals surface area (Å²) in [5.74, 6) is -2.37. The van der Waals surface area contributed by atoms with Gasteiger partial charge in [0.05, 0.1) is 24.6 Å². The topological polar surface area (TPSA) is 155 Å². The van der Waals surface area contributed by atoms with E-state index in [0.717, 1.165) is 10.7 Å². The van der Waals surface area contributed by atoms with Crippen LogP contribution in [0.2, 0.25) is 0 Å². The minimum atomic E-state index is -4.57. The molecule has 1 aromatic carbocycles. The molecule has 0 bridgehead atoms. The van der Waals surface area contributed by atoms with Gasteiger partial charge < -0.3 is 30.7 Å². The number of benzene rings is 1. The Balaban J connectivity index is 1.47. The molecule has 15 heteroatoms. The normalized spacial score (nSPS) is 22.1. The monoisotopic (exact) mass is 580 g/mol. The van der Waals surface area contributed by atoms with E-state index in [0.29, 0.717) is 19.4 Å². The van der Waals surface area contributed by atoms with Crippen molar-refractivity contribution in [3.63, 3.8) is 0 Å². The van der Waals surface area contributed by atoms with Crippen molar-refractivity contribution in [2.45, 2.75) is 56.5 Å². The lowest BCUT2D eigenvalue weighted by molar-refractivity contribution is -0.141. The number of halogens is 3. The van der Waals surface area contributed by atoms with Crippen LogP contribution >= 0.6 is 0 Å². The first-order valence-corrected chi connectivity index (χ1v) is 13.2. The van der Waals surface area contributed by atoms with Crippen molar-refractivity contribution < 1.29 is 42.2 Å². The van der Waals surface area contributed by atoms with Gasteiger partial charge >= 0.3 is 6.18 Å². The number of nitrogens with one attached hydrogen (secondary N) is 3. The van der Waals surface area contributed by atoms with E-state index in [9.17, 15) is 37.5 Å². The van der Waals surface area contributed by atoms with E-state index in [1.165, 1.54) is 17.2 Å². The molecule has 4 rings (SSSR count). The summed E-state index contributed by atoms with van der Waals surface area (Å²) in [5.41, 5.74) is -0.898. The Morgan fingerprint density at radius 2 is 1.95 bits per heavy atom. The van der Waals surface area contributed by atoms with Crippen LogP contribution in [-0.4, -0.2) is 87.8 Å². The van der Waals surface area contributed by atoms with Crippen LogP contribution in [0.5, 0.6) is 5.75 Å². The standard InChI is InChI=1S/C26H31F3N6O6/c27-26(28,29)21-8-12-34(33-21)10-4-9-30-24(39)18-13-22(37)31-19(14-36)25(40)35-11-3-5-16(35)15-41-20-7-2-1-6-17(20)23(38)32-18/h1-2,6-8,12,16,18-19,36H,3-5,9-11,13-15H2,(H,30,39)(H,31,37)(H,32,38)/t16-,18+,19+/m1/s1. The Morgan fingerprint density at radius 1 is 1.17 bits per heavy atom. The fourth-order valence-corrected chi connectivity index (χ4v) is 4.75. The third kappa shape index (κ3) is 7.54. The molecular weight excluding hydrogens is 549 g/mol. The van der Waals surface area contributed by atoms with Crippen LogP contribution in [0.1, 0.15) is 41.7 Å². The number of aliphatic hydroxyl groups excluding tert-OH is 1. The minimum Gasteiger partial charge on any atom is -0.491 e. The lowest BCUT2D eigenvalue weighted by Crippen LogP contribution is -2.55. The van der Waals surface area contributed by atoms with E-state index in [1.54, 1.807) is 18.2 Å². The van der Waals surface area contributed by atoms with Gasteiger partial charge in [0.1, 0.15) is 24.4 Å². The average Bonchev–Trinajstić information content (AvgIpc) is 3.62. The third-order valence-electron chi connectivity index (χ3n) is 6.84. The second kappa shape index (κ2) is 13.0. The predicted octanol–water partition coefficient (Wildman–Crippen LogP) is 0.457. The molecule has 0 spiro atoms. The highest BCUT2D eigenvalue weighted by Crippen LogP contribution is 2.27. The van der Waals surface area contributed by atoms with Crippen molar-refractivity contribution >= 4 is 23.6 Å².